The third kappa shape index (κ3) is 2.63. The zero-order valence-electron chi connectivity index (χ0n) is 12.1. The standard InChI is InChI=1S/C15H23NO3/c1-5-19-14-9-13(15(14,2)3)16-10-6-7-12(18-4)11(17)8-10/h6-8,13-14,16-17H,5,9H2,1-4H3. The Hall–Kier alpha value is -1.42. The summed E-state index contributed by atoms with van der Waals surface area (Å²) in [4.78, 5) is 0. The van der Waals surface area contributed by atoms with Gasteiger partial charge in [-0.25, -0.2) is 0 Å². The first kappa shape index (κ1) is 14.0. The van der Waals surface area contributed by atoms with Crippen LogP contribution in [-0.2, 0) is 4.74 Å². The van der Waals surface area contributed by atoms with Gasteiger partial charge in [0.1, 0.15) is 0 Å². The van der Waals surface area contributed by atoms with E-state index in [1.54, 1.807) is 19.2 Å². The highest BCUT2D eigenvalue weighted by atomic mass is 16.5. The topological polar surface area (TPSA) is 50.7 Å². The molecular weight excluding hydrogens is 242 g/mol. The van der Waals surface area contributed by atoms with E-state index < -0.39 is 0 Å². The van der Waals surface area contributed by atoms with Crippen LogP contribution in [0.15, 0.2) is 18.2 Å². The molecule has 1 aromatic carbocycles. The van der Waals surface area contributed by atoms with Gasteiger partial charge in [0.25, 0.3) is 0 Å². The van der Waals surface area contributed by atoms with Gasteiger partial charge in [-0.1, -0.05) is 13.8 Å². The average Bonchev–Trinajstić information content (AvgIpc) is 2.38. The van der Waals surface area contributed by atoms with E-state index in [1.165, 1.54) is 0 Å². The molecule has 4 nitrogen and oxygen atoms in total. The smallest absolute Gasteiger partial charge is 0.160 e. The molecule has 2 unspecified atom stereocenters. The number of hydrogen-bond donors (Lipinski definition) is 2. The van der Waals surface area contributed by atoms with Crippen LogP contribution in [0.2, 0.25) is 0 Å². The van der Waals surface area contributed by atoms with Gasteiger partial charge in [-0.3, -0.25) is 0 Å². The fraction of sp³-hybridized carbons (Fsp3) is 0.600. The van der Waals surface area contributed by atoms with E-state index in [0.29, 0.717) is 17.9 Å². The molecule has 0 heterocycles. The molecule has 0 aliphatic heterocycles. The number of aromatic hydroxyl groups is 1. The van der Waals surface area contributed by atoms with Gasteiger partial charge in [0.05, 0.1) is 13.2 Å². The lowest BCUT2D eigenvalue weighted by atomic mass is 9.64. The molecule has 0 saturated heterocycles. The summed E-state index contributed by atoms with van der Waals surface area (Å²) in [5.41, 5.74) is 1.01. The Labute approximate surface area is 114 Å². The van der Waals surface area contributed by atoms with Crippen molar-refractivity contribution in [1.82, 2.24) is 0 Å². The molecule has 0 aromatic heterocycles. The SMILES string of the molecule is CCOC1CC(Nc2ccc(OC)c(O)c2)C1(C)C. The largest absolute Gasteiger partial charge is 0.504 e. The zero-order chi connectivity index (χ0) is 14.0. The van der Waals surface area contributed by atoms with Gasteiger partial charge in [-0.15, -0.1) is 0 Å². The van der Waals surface area contributed by atoms with Gasteiger partial charge in [-0.05, 0) is 25.5 Å². The molecule has 0 spiro atoms. The minimum absolute atomic E-state index is 0.103. The van der Waals surface area contributed by atoms with Crippen LogP contribution in [0.1, 0.15) is 27.2 Å². The maximum atomic E-state index is 9.77. The number of anilines is 1. The summed E-state index contributed by atoms with van der Waals surface area (Å²) in [7, 11) is 1.55. The van der Waals surface area contributed by atoms with Crippen LogP contribution >= 0.6 is 0 Å². The molecule has 0 amide bonds. The number of hydrogen-bond acceptors (Lipinski definition) is 4. The minimum atomic E-state index is 0.103. The van der Waals surface area contributed by atoms with Crippen molar-refractivity contribution < 1.29 is 14.6 Å². The highest BCUT2D eigenvalue weighted by molar-refractivity contribution is 5.55. The molecular formula is C15H23NO3. The van der Waals surface area contributed by atoms with E-state index in [1.807, 2.05) is 13.0 Å². The molecule has 106 valence electrons. The lowest BCUT2D eigenvalue weighted by molar-refractivity contribution is -0.0975. The fourth-order valence-corrected chi connectivity index (χ4v) is 2.60. The summed E-state index contributed by atoms with van der Waals surface area (Å²) in [6.07, 6.45) is 1.30. The second kappa shape index (κ2) is 5.29. The molecule has 2 atom stereocenters. The van der Waals surface area contributed by atoms with Crippen molar-refractivity contribution >= 4 is 5.69 Å². The van der Waals surface area contributed by atoms with Crippen LogP contribution in [0.5, 0.6) is 11.5 Å². The molecule has 2 rings (SSSR count). The summed E-state index contributed by atoms with van der Waals surface area (Å²) in [6, 6.07) is 5.74. The highest BCUT2D eigenvalue weighted by Crippen LogP contribution is 2.44. The van der Waals surface area contributed by atoms with Crippen LogP contribution in [0.4, 0.5) is 5.69 Å². The predicted molar refractivity (Wildman–Crippen MR) is 75.9 cm³/mol. The third-order valence-electron chi connectivity index (χ3n) is 4.07. The number of nitrogens with one attached hydrogen (secondary N) is 1. The van der Waals surface area contributed by atoms with E-state index in [4.69, 9.17) is 9.47 Å². The van der Waals surface area contributed by atoms with E-state index in [2.05, 4.69) is 19.2 Å². The number of ether oxygens (including phenoxy) is 2. The van der Waals surface area contributed by atoms with Crippen LogP contribution < -0.4 is 10.1 Å². The van der Waals surface area contributed by atoms with Crippen molar-refractivity contribution in [2.24, 2.45) is 5.41 Å². The van der Waals surface area contributed by atoms with Gasteiger partial charge < -0.3 is 19.9 Å². The first-order valence-electron chi connectivity index (χ1n) is 6.74. The molecule has 0 bridgehead atoms. The highest BCUT2D eigenvalue weighted by Gasteiger charge is 2.48. The summed E-state index contributed by atoms with van der Waals surface area (Å²) in [5, 5.41) is 13.2. The monoisotopic (exact) mass is 265 g/mol. The normalized spacial score (nSPS) is 24.6. The zero-order valence-corrected chi connectivity index (χ0v) is 12.1. The van der Waals surface area contributed by atoms with Crippen molar-refractivity contribution in [3.05, 3.63) is 18.2 Å². The maximum Gasteiger partial charge on any atom is 0.160 e. The number of phenolic OH excluding ortho intramolecular Hbond substituents is 1. The van der Waals surface area contributed by atoms with Gasteiger partial charge in [-0.2, -0.15) is 0 Å². The Morgan fingerprint density at radius 2 is 2.16 bits per heavy atom. The van der Waals surface area contributed by atoms with E-state index in [0.717, 1.165) is 18.7 Å². The van der Waals surface area contributed by atoms with Crippen molar-refractivity contribution in [2.45, 2.75) is 39.3 Å². The first-order chi connectivity index (χ1) is 8.98. The number of benzene rings is 1. The van der Waals surface area contributed by atoms with Crippen molar-refractivity contribution in [3.8, 4) is 11.5 Å². The predicted octanol–water partition coefficient (Wildman–Crippen LogP) is 3.02. The Balaban J connectivity index is 2.01. The fourth-order valence-electron chi connectivity index (χ4n) is 2.60. The van der Waals surface area contributed by atoms with Crippen molar-refractivity contribution in [2.75, 3.05) is 19.0 Å². The second-order valence-electron chi connectivity index (χ2n) is 5.58. The van der Waals surface area contributed by atoms with Gasteiger partial charge >= 0.3 is 0 Å². The second-order valence-corrected chi connectivity index (χ2v) is 5.58. The minimum Gasteiger partial charge on any atom is -0.504 e. The lowest BCUT2D eigenvalue weighted by Gasteiger charge is -2.52. The quantitative estimate of drug-likeness (QED) is 0.859. The Bertz CT molecular complexity index is 445. The molecule has 4 heteroatoms. The summed E-state index contributed by atoms with van der Waals surface area (Å²) < 4.78 is 10.7. The number of rotatable bonds is 5. The Morgan fingerprint density at radius 3 is 2.68 bits per heavy atom. The molecule has 1 aliphatic carbocycles. The van der Waals surface area contributed by atoms with E-state index in [9.17, 15) is 5.11 Å². The molecule has 1 aliphatic rings. The molecule has 1 fully saturated rings. The van der Waals surface area contributed by atoms with Crippen LogP contribution in [0.25, 0.3) is 0 Å². The van der Waals surface area contributed by atoms with Crippen LogP contribution in [0, 0.1) is 5.41 Å². The van der Waals surface area contributed by atoms with E-state index in [-0.39, 0.29) is 11.2 Å². The number of phenols is 1. The van der Waals surface area contributed by atoms with Gasteiger partial charge in [0.2, 0.25) is 0 Å². The maximum absolute atomic E-state index is 9.77. The van der Waals surface area contributed by atoms with Gasteiger partial charge in [0.15, 0.2) is 11.5 Å². The summed E-state index contributed by atoms with van der Waals surface area (Å²) in [5.74, 6) is 0.650. The molecule has 1 aromatic rings. The molecule has 1 saturated carbocycles. The average molecular weight is 265 g/mol. The van der Waals surface area contributed by atoms with Crippen molar-refractivity contribution in [3.63, 3.8) is 0 Å². The summed E-state index contributed by atoms with van der Waals surface area (Å²) >= 11 is 0. The summed E-state index contributed by atoms with van der Waals surface area (Å²) in [6.45, 7) is 7.19. The first-order valence-corrected chi connectivity index (χ1v) is 6.74. The number of methoxy groups -OCH3 is 1. The van der Waals surface area contributed by atoms with E-state index >= 15 is 0 Å². The van der Waals surface area contributed by atoms with Gasteiger partial charge in [0, 0.05) is 29.8 Å². The molecule has 0 radical (unpaired) electrons. The lowest BCUT2D eigenvalue weighted by Crippen LogP contribution is -2.58. The van der Waals surface area contributed by atoms with Crippen LogP contribution in [0.3, 0.4) is 0 Å². The Kier molecular flexibility index (Phi) is 3.90. The third-order valence-corrected chi connectivity index (χ3v) is 4.07. The Morgan fingerprint density at radius 1 is 1.42 bits per heavy atom. The molecule has 19 heavy (non-hydrogen) atoms. The molecule has 2 N–H and O–H groups in total. The van der Waals surface area contributed by atoms with Crippen LogP contribution in [-0.4, -0.2) is 31.0 Å². The van der Waals surface area contributed by atoms with Crippen molar-refractivity contribution in [1.29, 1.82) is 0 Å².